The van der Waals surface area contributed by atoms with Crippen LogP contribution in [-0.2, 0) is 0 Å². The number of nitro groups is 1. The molecule has 1 aromatic heterocycles. The summed E-state index contributed by atoms with van der Waals surface area (Å²) >= 11 is 4.66. The predicted octanol–water partition coefficient (Wildman–Crippen LogP) is 0.810. The summed E-state index contributed by atoms with van der Waals surface area (Å²) in [5, 5.41) is 23.7. The molecular formula is C12H9N5O5S. The molecule has 23 heavy (non-hydrogen) atoms. The van der Waals surface area contributed by atoms with Gasteiger partial charge in [-0.15, -0.1) is 0 Å². The topological polar surface area (TPSA) is 153 Å². The number of carbonyl (C=O) groups is 1. The number of nitrogens with one attached hydrogen (secondary N) is 3. The molecule has 4 N–H and O–H groups in total. The van der Waals surface area contributed by atoms with Crippen molar-refractivity contribution in [2.75, 3.05) is 0 Å². The molecule has 1 heterocycles. The largest absolute Gasteiger partial charge is 0.494 e. The fourth-order valence-electron chi connectivity index (χ4n) is 1.58. The van der Waals surface area contributed by atoms with E-state index < -0.39 is 22.3 Å². The van der Waals surface area contributed by atoms with E-state index >= 15 is 0 Å². The van der Waals surface area contributed by atoms with Crippen molar-refractivity contribution < 1.29 is 14.8 Å². The molecule has 0 spiro atoms. The van der Waals surface area contributed by atoms with Crippen molar-refractivity contribution in [3.05, 3.63) is 60.6 Å². The number of hydrogen-bond acceptors (Lipinski definition) is 7. The van der Waals surface area contributed by atoms with Crippen molar-refractivity contribution in [1.82, 2.24) is 15.4 Å². The Morgan fingerprint density at radius 1 is 1.43 bits per heavy atom. The highest BCUT2D eigenvalue weighted by Gasteiger charge is 2.11. The summed E-state index contributed by atoms with van der Waals surface area (Å²) in [6.07, 6.45) is 0.911. The number of amides is 1. The van der Waals surface area contributed by atoms with Gasteiger partial charge in [0.1, 0.15) is 5.56 Å². The fraction of sp³-hybridized carbons (Fsp3) is 0. The van der Waals surface area contributed by atoms with Crippen LogP contribution in [0, 0.1) is 14.9 Å². The van der Waals surface area contributed by atoms with E-state index in [9.17, 15) is 24.8 Å². The van der Waals surface area contributed by atoms with E-state index in [2.05, 4.69) is 32.7 Å². The molecular weight excluding hydrogens is 326 g/mol. The SMILES string of the molecule is O=C(N/N=C/c1c(O)[nH]c(=S)[nH]c1=O)c1cccc([N+](=O)[O-])c1. The van der Waals surface area contributed by atoms with E-state index in [1.165, 1.54) is 18.2 Å². The molecule has 0 atom stereocenters. The number of carbonyl (C=O) groups excluding carboxylic acids is 1. The van der Waals surface area contributed by atoms with Crippen molar-refractivity contribution in [1.29, 1.82) is 0 Å². The maximum atomic E-state index is 11.8. The number of nitrogens with zero attached hydrogens (tertiary/aromatic N) is 2. The minimum atomic E-state index is -0.718. The normalized spacial score (nSPS) is 10.6. The van der Waals surface area contributed by atoms with Crippen molar-refractivity contribution >= 4 is 30.0 Å². The molecule has 0 bridgehead atoms. The third-order valence-corrected chi connectivity index (χ3v) is 2.84. The van der Waals surface area contributed by atoms with Crippen LogP contribution < -0.4 is 11.0 Å². The molecule has 2 aromatic rings. The minimum Gasteiger partial charge on any atom is -0.494 e. The van der Waals surface area contributed by atoms with Crippen molar-refractivity contribution in [2.24, 2.45) is 5.10 Å². The van der Waals surface area contributed by atoms with E-state index in [0.717, 1.165) is 12.3 Å². The van der Waals surface area contributed by atoms with Crippen molar-refractivity contribution in [3.8, 4) is 5.88 Å². The number of aromatic amines is 2. The molecule has 0 aliphatic rings. The second kappa shape index (κ2) is 6.62. The standard InChI is InChI=1S/C12H9N5O5S/c18-9(6-2-1-3-7(4-6)17(21)22)16-13-5-8-10(19)14-12(23)15-11(8)20/h1-5H,(H,16,18)(H3,14,15,19,20,23)/b13-5+. The van der Waals surface area contributed by atoms with Crippen LogP contribution in [0.25, 0.3) is 0 Å². The summed E-state index contributed by atoms with van der Waals surface area (Å²) in [4.78, 5) is 37.9. The number of H-pyrrole nitrogens is 2. The van der Waals surface area contributed by atoms with Crippen LogP contribution in [0.5, 0.6) is 5.88 Å². The Hall–Kier alpha value is -3.34. The Kier molecular flexibility index (Phi) is 4.61. The van der Waals surface area contributed by atoms with E-state index in [0.29, 0.717) is 0 Å². The van der Waals surface area contributed by atoms with Gasteiger partial charge in [0.25, 0.3) is 17.2 Å². The minimum absolute atomic E-state index is 0.0157. The summed E-state index contributed by atoms with van der Waals surface area (Å²) < 4.78 is -0.0646. The van der Waals surface area contributed by atoms with Gasteiger partial charge in [0, 0.05) is 17.7 Å². The van der Waals surface area contributed by atoms with Crippen LogP contribution in [0.2, 0.25) is 0 Å². The summed E-state index contributed by atoms with van der Waals surface area (Å²) in [5.74, 6) is -1.23. The summed E-state index contributed by atoms with van der Waals surface area (Å²) in [6, 6.07) is 5.03. The molecule has 0 aliphatic heterocycles. The lowest BCUT2D eigenvalue weighted by molar-refractivity contribution is -0.384. The second-order valence-electron chi connectivity index (χ2n) is 4.18. The Labute approximate surface area is 132 Å². The number of non-ortho nitro benzene ring substituents is 1. The summed E-state index contributed by atoms with van der Waals surface area (Å²) in [5.41, 5.74) is 0.925. The Morgan fingerprint density at radius 2 is 2.17 bits per heavy atom. The number of nitro benzene ring substituents is 1. The van der Waals surface area contributed by atoms with Gasteiger partial charge in [-0.1, -0.05) is 6.07 Å². The Balaban J connectivity index is 2.16. The molecule has 0 saturated heterocycles. The highest BCUT2D eigenvalue weighted by molar-refractivity contribution is 7.71. The number of aromatic hydroxyl groups is 1. The molecule has 2 rings (SSSR count). The van der Waals surface area contributed by atoms with E-state index in [4.69, 9.17) is 0 Å². The molecule has 1 aromatic carbocycles. The average molecular weight is 335 g/mol. The number of hydrogen-bond donors (Lipinski definition) is 4. The zero-order valence-electron chi connectivity index (χ0n) is 11.3. The predicted molar refractivity (Wildman–Crippen MR) is 82.1 cm³/mol. The van der Waals surface area contributed by atoms with Crippen molar-refractivity contribution in [2.45, 2.75) is 0 Å². The third-order valence-electron chi connectivity index (χ3n) is 2.64. The first kappa shape index (κ1) is 16.0. The van der Waals surface area contributed by atoms with E-state index in [-0.39, 0.29) is 21.6 Å². The van der Waals surface area contributed by atoms with Crippen LogP contribution in [0.3, 0.4) is 0 Å². The molecule has 0 fully saturated rings. The average Bonchev–Trinajstić information content (AvgIpc) is 2.49. The van der Waals surface area contributed by atoms with Gasteiger partial charge >= 0.3 is 0 Å². The van der Waals surface area contributed by atoms with Gasteiger partial charge in [-0.2, -0.15) is 5.10 Å². The lowest BCUT2D eigenvalue weighted by Gasteiger charge is -2.00. The molecule has 0 unspecified atom stereocenters. The molecule has 0 aliphatic carbocycles. The van der Waals surface area contributed by atoms with Gasteiger partial charge in [-0.3, -0.25) is 24.7 Å². The van der Waals surface area contributed by atoms with Crippen LogP contribution >= 0.6 is 12.2 Å². The molecule has 0 radical (unpaired) electrons. The van der Waals surface area contributed by atoms with Crippen LogP contribution in [-0.4, -0.2) is 32.1 Å². The Morgan fingerprint density at radius 3 is 2.83 bits per heavy atom. The first-order valence-corrected chi connectivity index (χ1v) is 6.42. The van der Waals surface area contributed by atoms with E-state index in [1.54, 1.807) is 0 Å². The zero-order valence-corrected chi connectivity index (χ0v) is 12.1. The second-order valence-corrected chi connectivity index (χ2v) is 4.59. The number of benzene rings is 1. The Bertz CT molecular complexity index is 917. The first-order chi connectivity index (χ1) is 10.9. The smallest absolute Gasteiger partial charge is 0.271 e. The lowest BCUT2D eigenvalue weighted by Crippen LogP contribution is -2.19. The molecule has 10 nitrogen and oxygen atoms in total. The third kappa shape index (κ3) is 3.85. The van der Waals surface area contributed by atoms with Gasteiger partial charge in [0.2, 0.25) is 5.88 Å². The molecule has 0 saturated carbocycles. The van der Waals surface area contributed by atoms with E-state index in [1.807, 2.05) is 0 Å². The van der Waals surface area contributed by atoms with Gasteiger partial charge in [0.05, 0.1) is 11.1 Å². The van der Waals surface area contributed by atoms with Gasteiger partial charge in [0.15, 0.2) is 4.77 Å². The quantitative estimate of drug-likeness (QED) is 0.280. The lowest BCUT2D eigenvalue weighted by atomic mass is 10.2. The van der Waals surface area contributed by atoms with Gasteiger partial charge in [-0.05, 0) is 18.3 Å². The zero-order chi connectivity index (χ0) is 17.0. The number of hydrazone groups is 1. The highest BCUT2D eigenvalue weighted by atomic mass is 32.1. The van der Waals surface area contributed by atoms with Crippen LogP contribution in [0.4, 0.5) is 5.69 Å². The van der Waals surface area contributed by atoms with Crippen LogP contribution in [0.15, 0.2) is 34.2 Å². The number of aromatic nitrogens is 2. The molecule has 11 heteroatoms. The fourth-order valence-corrected chi connectivity index (χ4v) is 1.77. The maximum absolute atomic E-state index is 11.8. The molecule has 118 valence electrons. The summed E-state index contributed by atoms with van der Waals surface area (Å²) in [6.45, 7) is 0. The van der Waals surface area contributed by atoms with Gasteiger partial charge in [-0.25, -0.2) is 5.43 Å². The van der Waals surface area contributed by atoms with Gasteiger partial charge < -0.3 is 10.1 Å². The number of rotatable bonds is 4. The monoisotopic (exact) mass is 335 g/mol. The van der Waals surface area contributed by atoms with Crippen LogP contribution in [0.1, 0.15) is 15.9 Å². The first-order valence-electron chi connectivity index (χ1n) is 6.02. The molecule has 1 amide bonds. The summed E-state index contributed by atoms with van der Waals surface area (Å²) in [7, 11) is 0. The van der Waals surface area contributed by atoms with Crippen molar-refractivity contribution in [3.63, 3.8) is 0 Å². The maximum Gasteiger partial charge on any atom is 0.271 e. The highest BCUT2D eigenvalue weighted by Crippen LogP contribution is 2.12.